The van der Waals surface area contributed by atoms with Gasteiger partial charge in [0.05, 0.1) is 7.11 Å². The van der Waals surface area contributed by atoms with Crippen LogP contribution in [0.5, 0.6) is 5.75 Å². The lowest BCUT2D eigenvalue weighted by Crippen LogP contribution is -1.92. The van der Waals surface area contributed by atoms with E-state index >= 15 is 0 Å². The molecule has 0 aromatic heterocycles. The molecule has 1 rings (SSSR count). The van der Waals surface area contributed by atoms with Crippen molar-refractivity contribution in [3.05, 3.63) is 41.0 Å². The molecule has 3 heteroatoms. The van der Waals surface area contributed by atoms with E-state index in [0.717, 1.165) is 5.56 Å². The van der Waals surface area contributed by atoms with Gasteiger partial charge in [0.2, 0.25) is 6.04 Å². The largest absolute Gasteiger partial charge is 0.494 e. The maximum absolute atomic E-state index is 12.9. The molecule has 1 atom stereocenters. The zero-order valence-electron chi connectivity index (χ0n) is 7.54. The molecule has 2 nitrogen and oxygen atoms in total. The zero-order valence-corrected chi connectivity index (χ0v) is 7.54. The van der Waals surface area contributed by atoms with Gasteiger partial charge < -0.3 is 9.58 Å². The number of halogens is 1. The molecule has 0 N–H and O–H groups in total. The van der Waals surface area contributed by atoms with Crippen molar-refractivity contribution in [2.45, 2.75) is 13.0 Å². The van der Waals surface area contributed by atoms with E-state index in [2.05, 4.69) is 4.85 Å². The summed E-state index contributed by atoms with van der Waals surface area (Å²) < 4.78 is 17.7. The van der Waals surface area contributed by atoms with E-state index in [1.165, 1.54) is 13.2 Å². The second-order valence-corrected chi connectivity index (χ2v) is 2.70. The van der Waals surface area contributed by atoms with Gasteiger partial charge in [-0.25, -0.2) is 11.0 Å². The van der Waals surface area contributed by atoms with Gasteiger partial charge >= 0.3 is 0 Å². The van der Waals surface area contributed by atoms with Gasteiger partial charge in [0.15, 0.2) is 11.6 Å². The van der Waals surface area contributed by atoms with Gasteiger partial charge in [-0.1, -0.05) is 0 Å². The first-order valence-electron chi connectivity index (χ1n) is 3.89. The van der Waals surface area contributed by atoms with Crippen LogP contribution in [-0.2, 0) is 0 Å². The summed E-state index contributed by atoms with van der Waals surface area (Å²) in [4.78, 5) is 3.34. The van der Waals surface area contributed by atoms with Gasteiger partial charge in [-0.3, -0.25) is 0 Å². The molecular formula is C10H10FNO. The Hall–Kier alpha value is -1.56. The van der Waals surface area contributed by atoms with Gasteiger partial charge in [0.25, 0.3) is 0 Å². The Morgan fingerprint density at radius 2 is 2.23 bits per heavy atom. The topological polar surface area (TPSA) is 13.6 Å². The third kappa shape index (κ3) is 1.97. The second-order valence-electron chi connectivity index (χ2n) is 2.70. The van der Waals surface area contributed by atoms with Crippen LogP contribution < -0.4 is 4.74 Å². The van der Waals surface area contributed by atoms with E-state index in [4.69, 9.17) is 11.3 Å². The Bertz CT molecular complexity index is 343. The van der Waals surface area contributed by atoms with Crippen LogP contribution in [-0.4, -0.2) is 7.11 Å². The summed E-state index contributed by atoms with van der Waals surface area (Å²) in [6.07, 6.45) is 0. The summed E-state index contributed by atoms with van der Waals surface area (Å²) >= 11 is 0. The maximum Gasteiger partial charge on any atom is 0.246 e. The first-order valence-corrected chi connectivity index (χ1v) is 3.89. The molecule has 0 saturated carbocycles. The highest BCUT2D eigenvalue weighted by Gasteiger charge is 2.11. The highest BCUT2D eigenvalue weighted by atomic mass is 19.1. The minimum atomic E-state index is -0.400. The van der Waals surface area contributed by atoms with Gasteiger partial charge in [0.1, 0.15) is 0 Å². The third-order valence-corrected chi connectivity index (χ3v) is 1.85. The quantitative estimate of drug-likeness (QED) is 0.636. The van der Waals surface area contributed by atoms with E-state index in [1.54, 1.807) is 19.1 Å². The van der Waals surface area contributed by atoms with Crippen molar-refractivity contribution >= 4 is 0 Å². The number of nitrogens with zero attached hydrogens (tertiary/aromatic N) is 1. The molecule has 0 bridgehead atoms. The molecule has 0 fully saturated rings. The molecule has 13 heavy (non-hydrogen) atoms. The summed E-state index contributed by atoms with van der Waals surface area (Å²) in [6.45, 7) is 8.58. The van der Waals surface area contributed by atoms with Crippen LogP contribution in [0.2, 0.25) is 0 Å². The Morgan fingerprint density at radius 1 is 1.54 bits per heavy atom. The SMILES string of the molecule is [C-]#[N+]C(C)c1ccc(F)c(OC)c1. The van der Waals surface area contributed by atoms with Crippen molar-refractivity contribution < 1.29 is 9.13 Å². The standard InChI is InChI=1S/C10H10FNO/c1-7(12-2)8-4-5-9(11)10(6-8)13-3/h4-7H,1,3H3. The molecule has 0 saturated heterocycles. The minimum Gasteiger partial charge on any atom is -0.494 e. The van der Waals surface area contributed by atoms with Crippen LogP contribution >= 0.6 is 0 Å². The predicted molar refractivity (Wildman–Crippen MR) is 48.0 cm³/mol. The van der Waals surface area contributed by atoms with Crippen molar-refractivity contribution in [1.29, 1.82) is 0 Å². The second kappa shape index (κ2) is 3.90. The summed E-state index contributed by atoms with van der Waals surface area (Å²) in [5.41, 5.74) is 0.772. The Balaban J connectivity index is 3.08. The van der Waals surface area contributed by atoms with Crippen molar-refractivity contribution in [3.63, 3.8) is 0 Å². The average Bonchev–Trinajstić information content (AvgIpc) is 2.17. The third-order valence-electron chi connectivity index (χ3n) is 1.85. The van der Waals surface area contributed by atoms with Crippen molar-refractivity contribution in [2.24, 2.45) is 0 Å². The predicted octanol–water partition coefficient (Wildman–Crippen LogP) is 2.81. The number of rotatable bonds is 2. The molecule has 68 valence electrons. The first kappa shape index (κ1) is 9.53. The normalized spacial score (nSPS) is 11.8. The van der Waals surface area contributed by atoms with Crippen molar-refractivity contribution in [2.75, 3.05) is 7.11 Å². The molecule has 1 unspecified atom stereocenters. The Morgan fingerprint density at radius 3 is 2.77 bits per heavy atom. The molecule has 0 radical (unpaired) electrons. The summed E-state index contributed by atoms with van der Waals surface area (Å²) in [5.74, 6) is -0.212. The van der Waals surface area contributed by atoms with Crippen LogP contribution in [0.25, 0.3) is 4.85 Å². The molecular weight excluding hydrogens is 169 g/mol. The average molecular weight is 179 g/mol. The fourth-order valence-corrected chi connectivity index (χ4v) is 1.01. The van der Waals surface area contributed by atoms with Crippen LogP contribution in [0.1, 0.15) is 18.5 Å². The lowest BCUT2D eigenvalue weighted by molar-refractivity contribution is 0.386. The summed E-state index contributed by atoms with van der Waals surface area (Å²) in [5, 5.41) is 0. The van der Waals surface area contributed by atoms with E-state index in [0.29, 0.717) is 0 Å². The van der Waals surface area contributed by atoms with Crippen LogP contribution in [0, 0.1) is 12.4 Å². The van der Waals surface area contributed by atoms with Crippen LogP contribution in [0.3, 0.4) is 0 Å². The number of hydrogen-bond acceptors (Lipinski definition) is 1. The van der Waals surface area contributed by atoms with E-state index in [-0.39, 0.29) is 11.8 Å². The summed E-state index contributed by atoms with van der Waals surface area (Å²) in [6, 6.07) is 4.21. The minimum absolute atomic E-state index is 0.188. The lowest BCUT2D eigenvalue weighted by atomic mass is 10.1. The first-order chi connectivity index (χ1) is 6.19. The summed E-state index contributed by atoms with van der Waals surface area (Å²) in [7, 11) is 1.41. The number of methoxy groups -OCH3 is 1. The monoisotopic (exact) mass is 179 g/mol. The van der Waals surface area contributed by atoms with Gasteiger partial charge in [0, 0.05) is 12.5 Å². The van der Waals surface area contributed by atoms with Crippen molar-refractivity contribution in [1.82, 2.24) is 0 Å². The smallest absolute Gasteiger partial charge is 0.246 e. The van der Waals surface area contributed by atoms with Gasteiger partial charge in [-0.15, -0.1) is 0 Å². The Labute approximate surface area is 76.8 Å². The number of benzene rings is 1. The molecule has 0 aliphatic rings. The fourth-order valence-electron chi connectivity index (χ4n) is 1.01. The molecule has 0 heterocycles. The van der Waals surface area contributed by atoms with Crippen molar-refractivity contribution in [3.8, 4) is 5.75 Å². The number of ether oxygens (including phenoxy) is 1. The molecule has 1 aromatic carbocycles. The zero-order chi connectivity index (χ0) is 9.84. The molecule has 0 aliphatic heterocycles. The van der Waals surface area contributed by atoms with E-state index in [1.807, 2.05) is 0 Å². The highest BCUT2D eigenvalue weighted by molar-refractivity contribution is 5.32. The van der Waals surface area contributed by atoms with Crippen LogP contribution in [0.15, 0.2) is 18.2 Å². The van der Waals surface area contributed by atoms with Gasteiger partial charge in [-0.05, 0) is 18.2 Å². The Kier molecular flexibility index (Phi) is 2.86. The maximum atomic E-state index is 12.9. The lowest BCUT2D eigenvalue weighted by Gasteiger charge is -2.04. The molecule has 0 amide bonds. The van der Waals surface area contributed by atoms with E-state index < -0.39 is 5.82 Å². The molecule has 1 aromatic rings. The molecule has 0 spiro atoms. The number of hydrogen-bond donors (Lipinski definition) is 0. The van der Waals surface area contributed by atoms with Gasteiger partial charge in [-0.2, -0.15) is 0 Å². The molecule has 0 aliphatic carbocycles. The van der Waals surface area contributed by atoms with E-state index in [9.17, 15) is 4.39 Å². The van der Waals surface area contributed by atoms with Crippen LogP contribution in [0.4, 0.5) is 4.39 Å². The highest BCUT2D eigenvalue weighted by Crippen LogP contribution is 2.24. The fraction of sp³-hybridized carbons (Fsp3) is 0.300.